The number of carbonyl (C=O) groups excluding carboxylic acids is 3. The van der Waals surface area contributed by atoms with Gasteiger partial charge in [-0.2, -0.15) is 0 Å². The van der Waals surface area contributed by atoms with E-state index < -0.39 is 5.91 Å². The fraction of sp³-hybridized carbons (Fsp3) is 0.0741. The van der Waals surface area contributed by atoms with Crippen molar-refractivity contribution in [2.24, 2.45) is 0 Å². The third-order valence-corrected chi connectivity index (χ3v) is 5.98. The van der Waals surface area contributed by atoms with Crippen molar-refractivity contribution in [3.8, 4) is 0 Å². The van der Waals surface area contributed by atoms with E-state index in [0.717, 1.165) is 21.2 Å². The summed E-state index contributed by atoms with van der Waals surface area (Å²) in [5, 5.41) is 5.52. The summed E-state index contributed by atoms with van der Waals surface area (Å²) in [6.45, 7) is 1.80. The number of aryl methyl sites for hydroxylation is 1. The Morgan fingerprint density at radius 2 is 1.61 bits per heavy atom. The zero-order chi connectivity index (χ0) is 23.1. The Morgan fingerprint density at radius 1 is 0.848 bits per heavy atom. The predicted octanol–water partition coefficient (Wildman–Crippen LogP) is 5.78. The molecule has 4 aromatic rings. The van der Waals surface area contributed by atoms with Gasteiger partial charge in [0.25, 0.3) is 11.8 Å². The molecule has 0 atom stereocenters. The normalized spacial score (nSPS) is 12.8. The number of hydrogen-bond donors (Lipinski definition) is 1. The number of carbonyl (C=O) groups is 3. The Labute approximate surface area is 195 Å². The van der Waals surface area contributed by atoms with Gasteiger partial charge in [0.2, 0.25) is 5.91 Å². The molecule has 5 rings (SSSR count). The summed E-state index contributed by atoms with van der Waals surface area (Å²) in [5.41, 5.74) is 3.31. The highest BCUT2D eigenvalue weighted by Crippen LogP contribution is 2.33. The first kappa shape index (κ1) is 20.9. The number of halogens is 1. The molecular formula is C27H19ClN2O3. The second-order valence-electron chi connectivity index (χ2n) is 8.04. The number of rotatable bonds is 4. The van der Waals surface area contributed by atoms with Crippen LogP contribution in [0.1, 0.15) is 31.8 Å². The molecule has 0 fully saturated rings. The monoisotopic (exact) mass is 454 g/mol. The van der Waals surface area contributed by atoms with E-state index in [2.05, 4.69) is 5.32 Å². The van der Waals surface area contributed by atoms with Crippen LogP contribution >= 0.6 is 11.6 Å². The molecule has 0 saturated heterocycles. The average molecular weight is 455 g/mol. The minimum atomic E-state index is -0.409. The van der Waals surface area contributed by atoms with Gasteiger partial charge >= 0.3 is 0 Å². The van der Waals surface area contributed by atoms with Crippen molar-refractivity contribution < 1.29 is 14.4 Å². The molecule has 1 heterocycles. The molecule has 0 bridgehead atoms. The van der Waals surface area contributed by atoms with E-state index in [4.69, 9.17) is 11.6 Å². The number of amides is 3. The number of fused-ring (bicyclic) bond motifs is 2. The molecule has 1 N–H and O–H groups in total. The second-order valence-corrected chi connectivity index (χ2v) is 8.48. The summed E-state index contributed by atoms with van der Waals surface area (Å²) >= 11 is 5.99. The van der Waals surface area contributed by atoms with E-state index >= 15 is 0 Å². The van der Waals surface area contributed by atoms with Crippen molar-refractivity contribution in [2.75, 3.05) is 10.2 Å². The van der Waals surface area contributed by atoms with Crippen LogP contribution in [0.15, 0.2) is 78.9 Å². The Hall–Kier alpha value is -3.96. The van der Waals surface area contributed by atoms with E-state index in [1.165, 1.54) is 6.07 Å². The average Bonchev–Trinajstić information content (AvgIpc) is 3.03. The van der Waals surface area contributed by atoms with Crippen LogP contribution < -0.4 is 10.2 Å². The fourth-order valence-electron chi connectivity index (χ4n) is 4.16. The Kier molecular flexibility index (Phi) is 5.19. The van der Waals surface area contributed by atoms with E-state index in [9.17, 15) is 14.4 Å². The van der Waals surface area contributed by atoms with Gasteiger partial charge in [0.15, 0.2) is 0 Å². The quantitative estimate of drug-likeness (QED) is 0.397. The number of benzene rings is 4. The number of anilines is 2. The lowest BCUT2D eigenvalue weighted by Crippen LogP contribution is -2.30. The molecule has 5 nitrogen and oxygen atoms in total. The lowest BCUT2D eigenvalue weighted by Gasteiger charge is -2.17. The summed E-state index contributed by atoms with van der Waals surface area (Å²) in [7, 11) is 0. The van der Waals surface area contributed by atoms with Gasteiger partial charge in [0.05, 0.1) is 23.2 Å². The lowest BCUT2D eigenvalue weighted by molar-refractivity contribution is -0.115. The van der Waals surface area contributed by atoms with Crippen LogP contribution in [0.5, 0.6) is 0 Å². The van der Waals surface area contributed by atoms with E-state index in [1.54, 1.807) is 37.3 Å². The molecular weight excluding hydrogens is 436 g/mol. The Morgan fingerprint density at radius 3 is 2.39 bits per heavy atom. The van der Waals surface area contributed by atoms with Crippen molar-refractivity contribution in [3.63, 3.8) is 0 Å². The molecule has 0 spiro atoms. The summed E-state index contributed by atoms with van der Waals surface area (Å²) in [6, 6.07) is 23.8. The van der Waals surface area contributed by atoms with Gasteiger partial charge in [0, 0.05) is 10.7 Å². The largest absolute Gasteiger partial charge is 0.326 e. The predicted molar refractivity (Wildman–Crippen MR) is 130 cm³/mol. The van der Waals surface area contributed by atoms with Gasteiger partial charge < -0.3 is 5.32 Å². The van der Waals surface area contributed by atoms with Crippen LogP contribution in [0.4, 0.5) is 11.4 Å². The van der Waals surface area contributed by atoms with Crippen molar-refractivity contribution in [3.05, 3.63) is 106 Å². The summed E-state index contributed by atoms with van der Waals surface area (Å²) < 4.78 is 0. The molecule has 0 radical (unpaired) electrons. The first-order chi connectivity index (χ1) is 15.9. The van der Waals surface area contributed by atoms with Crippen LogP contribution in [-0.2, 0) is 11.2 Å². The molecule has 33 heavy (non-hydrogen) atoms. The third kappa shape index (κ3) is 3.88. The zero-order valence-electron chi connectivity index (χ0n) is 17.8. The van der Waals surface area contributed by atoms with Crippen LogP contribution in [0.25, 0.3) is 10.8 Å². The molecule has 162 valence electrons. The topological polar surface area (TPSA) is 66.5 Å². The highest BCUT2D eigenvalue weighted by molar-refractivity contribution is 6.37. The maximum Gasteiger partial charge on any atom is 0.266 e. The minimum absolute atomic E-state index is 0.146. The molecule has 3 amide bonds. The number of imide groups is 1. The van der Waals surface area contributed by atoms with Crippen molar-refractivity contribution in [2.45, 2.75) is 13.3 Å². The summed E-state index contributed by atoms with van der Waals surface area (Å²) in [5.74, 6) is -0.940. The lowest BCUT2D eigenvalue weighted by atomic mass is 10.0. The molecule has 1 aliphatic heterocycles. The van der Waals surface area contributed by atoms with Gasteiger partial charge in [-0.3, -0.25) is 14.4 Å². The minimum Gasteiger partial charge on any atom is -0.326 e. The van der Waals surface area contributed by atoms with Crippen LogP contribution in [0.3, 0.4) is 0 Å². The smallest absolute Gasteiger partial charge is 0.266 e. The molecule has 6 heteroatoms. The van der Waals surface area contributed by atoms with Gasteiger partial charge in [-0.25, -0.2) is 4.90 Å². The van der Waals surface area contributed by atoms with Crippen LogP contribution in [0.2, 0.25) is 5.02 Å². The molecule has 0 aliphatic carbocycles. The van der Waals surface area contributed by atoms with Crippen LogP contribution in [-0.4, -0.2) is 17.7 Å². The first-order valence-electron chi connectivity index (χ1n) is 10.5. The number of nitrogens with one attached hydrogen (secondary N) is 1. The van der Waals surface area contributed by atoms with E-state index in [1.807, 2.05) is 42.5 Å². The zero-order valence-corrected chi connectivity index (χ0v) is 18.5. The number of hydrogen-bond acceptors (Lipinski definition) is 3. The first-order valence-corrected chi connectivity index (χ1v) is 10.8. The highest BCUT2D eigenvalue weighted by atomic mass is 35.5. The fourth-order valence-corrected chi connectivity index (χ4v) is 4.33. The third-order valence-electron chi connectivity index (χ3n) is 5.75. The van der Waals surface area contributed by atoms with Crippen LogP contribution in [0, 0.1) is 6.92 Å². The Balaban J connectivity index is 1.33. The molecule has 0 aromatic heterocycles. The maximum atomic E-state index is 12.8. The molecule has 0 saturated carbocycles. The van der Waals surface area contributed by atoms with Gasteiger partial charge in [0.1, 0.15) is 0 Å². The SMILES string of the molecule is Cc1cc(NC(=O)Cc2ccc3ccccc3c2)ccc1N1C(=O)c2ccc(Cl)cc2C1=O. The number of nitrogens with zero attached hydrogens (tertiary/aromatic N) is 1. The molecule has 0 unspecified atom stereocenters. The van der Waals surface area contributed by atoms with Crippen molar-refractivity contribution in [1.82, 2.24) is 0 Å². The van der Waals surface area contributed by atoms with E-state index in [0.29, 0.717) is 33.1 Å². The maximum absolute atomic E-state index is 12.8. The molecule has 4 aromatic carbocycles. The molecule has 1 aliphatic rings. The highest BCUT2D eigenvalue weighted by Gasteiger charge is 2.37. The summed E-state index contributed by atoms with van der Waals surface area (Å²) in [6.07, 6.45) is 0.241. The van der Waals surface area contributed by atoms with Crippen molar-refractivity contribution >= 4 is 51.5 Å². The second kappa shape index (κ2) is 8.19. The summed E-state index contributed by atoms with van der Waals surface area (Å²) in [4.78, 5) is 39.4. The van der Waals surface area contributed by atoms with Gasteiger partial charge in [-0.15, -0.1) is 0 Å². The van der Waals surface area contributed by atoms with E-state index in [-0.39, 0.29) is 18.2 Å². The van der Waals surface area contributed by atoms with Crippen molar-refractivity contribution in [1.29, 1.82) is 0 Å². The van der Waals surface area contributed by atoms with Gasteiger partial charge in [-0.05, 0) is 65.2 Å². The standard InChI is InChI=1S/C27H19ClN2O3/c1-16-12-21(29-25(31)14-17-6-7-18-4-2-3-5-19(18)13-17)9-11-24(16)30-26(32)22-10-8-20(28)15-23(22)27(30)33/h2-13,15H,14H2,1H3,(H,29,31). The Bertz CT molecular complexity index is 1460. The van der Waals surface area contributed by atoms with Gasteiger partial charge in [-0.1, -0.05) is 54.1 Å².